The van der Waals surface area contributed by atoms with E-state index in [1.807, 2.05) is 0 Å². The summed E-state index contributed by atoms with van der Waals surface area (Å²) in [6, 6.07) is 6.83. The molecule has 1 fully saturated rings. The minimum atomic E-state index is -0.333. The second kappa shape index (κ2) is 8.84. The molecule has 1 aromatic heterocycles. The number of hydrogen-bond donors (Lipinski definition) is 2. The number of carbonyl (C=O) groups excluding carboxylic acids is 2. The van der Waals surface area contributed by atoms with Crippen LogP contribution >= 0.6 is 11.3 Å². The molecule has 0 bridgehead atoms. The van der Waals surface area contributed by atoms with Gasteiger partial charge in [0.1, 0.15) is 5.01 Å². The standard InChI is InChI=1S/C17H21N5O3S/c1-12-20-21-17(26-12)16(24)19-14-4-2-3-13(11-14)15(23)18-5-6-22-7-9-25-10-8-22/h2-4,11H,5-10H2,1H3,(H,18,23)(H,19,24). The number of aromatic nitrogens is 2. The Hall–Kier alpha value is -2.36. The number of anilines is 1. The zero-order valence-electron chi connectivity index (χ0n) is 14.5. The monoisotopic (exact) mass is 375 g/mol. The first kappa shape index (κ1) is 18.4. The molecule has 0 spiro atoms. The van der Waals surface area contributed by atoms with Crippen LogP contribution in [0.15, 0.2) is 24.3 Å². The molecule has 0 atom stereocenters. The summed E-state index contributed by atoms with van der Waals surface area (Å²) in [6.07, 6.45) is 0. The van der Waals surface area contributed by atoms with Gasteiger partial charge in [0, 0.05) is 37.4 Å². The molecule has 0 unspecified atom stereocenters. The topological polar surface area (TPSA) is 96.5 Å². The van der Waals surface area contributed by atoms with Gasteiger partial charge < -0.3 is 15.4 Å². The van der Waals surface area contributed by atoms with E-state index in [9.17, 15) is 9.59 Å². The van der Waals surface area contributed by atoms with Crippen LogP contribution in [0.1, 0.15) is 25.2 Å². The molecule has 1 saturated heterocycles. The maximum Gasteiger partial charge on any atom is 0.286 e. The lowest BCUT2D eigenvalue weighted by Crippen LogP contribution is -2.41. The third-order valence-corrected chi connectivity index (χ3v) is 4.76. The molecule has 2 N–H and O–H groups in total. The highest BCUT2D eigenvalue weighted by molar-refractivity contribution is 7.13. The first-order chi connectivity index (χ1) is 12.6. The summed E-state index contributed by atoms with van der Waals surface area (Å²) in [6.45, 7) is 6.41. The zero-order valence-corrected chi connectivity index (χ0v) is 15.3. The lowest BCUT2D eigenvalue weighted by Gasteiger charge is -2.26. The van der Waals surface area contributed by atoms with Gasteiger partial charge in [0.05, 0.1) is 13.2 Å². The van der Waals surface area contributed by atoms with Crippen LogP contribution in [0.5, 0.6) is 0 Å². The van der Waals surface area contributed by atoms with Crippen molar-refractivity contribution in [3.8, 4) is 0 Å². The molecule has 0 radical (unpaired) electrons. The SMILES string of the molecule is Cc1nnc(C(=O)Nc2cccc(C(=O)NCCN3CCOCC3)c2)s1. The van der Waals surface area contributed by atoms with Crippen molar-refractivity contribution in [1.29, 1.82) is 0 Å². The molecule has 1 aliphatic rings. The summed E-state index contributed by atoms with van der Waals surface area (Å²) in [4.78, 5) is 26.7. The summed E-state index contributed by atoms with van der Waals surface area (Å²) in [5.41, 5.74) is 1.04. The molecular weight excluding hydrogens is 354 g/mol. The van der Waals surface area contributed by atoms with E-state index in [0.717, 1.165) is 37.9 Å². The molecule has 1 aromatic carbocycles. The fourth-order valence-electron chi connectivity index (χ4n) is 2.57. The van der Waals surface area contributed by atoms with Crippen molar-refractivity contribution in [2.24, 2.45) is 0 Å². The minimum absolute atomic E-state index is 0.166. The van der Waals surface area contributed by atoms with Gasteiger partial charge in [-0.3, -0.25) is 14.5 Å². The molecule has 9 heteroatoms. The van der Waals surface area contributed by atoms with Gasteiger partial charge in [-0.25, -0.2) is 0 Å². The van der Waals surface area contributed by atoms with Crippen LogP contribution < -0.4 is 10.6 Å². The van der Waals surface area contributed by atoms with Gasteiger partial charge in [0.25, 0.3) is 11.8 Å². The minimum Gasteiger partial charge on any atom is -0.379 e. The normalized spacial score (nSPS) is 14.8. The van der Waals surface area contributed by atoms with Crippen LogP contribution in [-0.4, -0.2) is 66.3 Å². The summed E-state index contributed by atoms with van der Waals surface area (Å²) in [5, 5.41) is 14.3. The molecule has 0 aliphatic carbocycles. The van der Waals surface area contributed by atoms with E-state index in [1.54, 1.807) is 31.2 Å². The highest BCUT2D eigenvalue weighted by Gasteiger charge is 2.14. The van der Waals surface area contributed by atoms with Crippen molar-refractivity contribution in [1.82, 2.24) is 20.4 Å². The Morgan fingerprint density at radius 3 is 2.77 bits per heavy atom. The molecule has 1 aliphatic heterocycles. The number of hydrogen-bond acceptors (Lipinski definition) is 7. The first-order valence-corrected chi connectivity index (χ1v) is 9.23. The van der Waals surface area contributed by atoms with Gasteiger partial charge in [0.2, 0.25) is 5.01 Å². The van der Waals surface area contributed by atoms with Gasteiger partial charge in [-0.2, -0.15) is 0 Å². The molecule has 0 saturated carbocycles. The Kier molecular flexibility index (Phi) is 6.26. The van der Waals surface area contributed by atoms with Crippen molar-refractivity contribution in [3.63, 3.8) is 0 Å². The highest BCUT2D eigenvalue weighted by Crippen LogP contribution is 2.14. The number of aryl methyl sites for hydroxylation is 1. The summed E-state index contributed by atoms with van der Waals surface area (Å²) < 4.78 is 5.30. The fourth-order valence-corrected chi connectivity index (χ4v) is 3.15. The van der Waals surface area contributed by atoms with Gasteiger partial charge in [-0.1, -0.05) is 17.4 Å². The highest BCUT2D eigenvalue weighted by atomic mass is 32.1. The molecule has 8 nitrogen and oxygen atoms in total. The van der Waals surface area contributed by atoms with Crippen LogP contribution in [0.2, 0.25) is 0 Å². The van der Waals surface area contributed by atoms with Gasteiger partial charge >= 0.3 is 0 Å². The maximum absolute atomic E-state index is 12.3. The quantitative estimate of drug-likeness (QED) is 0.787. The summed E-state index contributed by atoms with van der Waals surface area (Å²) in [7, 11) is 0. The Balaban J connectivity index is 1.52. The number of nitrogens with one attached hydrogen (secondary N) is 2. The average molecular weight is 375 g/mol. The van der Waals surface area contributed by atoms with Crippen LogP contribution in [0.3, 0.4) is 0 Å². The lowest BCUT2D eigenvalue weighted by atomic mass is 10.2. The van der Waals surface area contributed by atoms with E-state index < -0.39 is 0 Å². The number of rotatable bonds is 6. The average Bonchev–Trinajstić information content (AvgIpc) is 3.09. The van der Waals surface area contributed by atoms with Crippen molar-refractivity contribution in [2.45, 2.75) is 6.92 Å². The number of nitrogens with zero attached hydrogens (tertiary/aromatic N) is 3. The fraction of sp³-hybridized carbons (Fsp3) is 0.412. The Morgan fingerprint density at radius 1 is 1.23 bits per heavy atom. The number of ether oxygens (including phenoxy) is 1. The van der Waals surface area contributed by atoms with Crippen molar-refractivity contribution in [2.75, 3.05) is 44.7 Å². The Labute approximate surface area is 155 Å². The first-order valence-electron chi connectivity index (χ1n) is 8.41. The third kappa shape index (κ3) is 5.07. The molecule has 26 heavy (non-hydrogen) atoms. The predicted octanol–water partition coefficient (Wildman–Crippen LogP) is 1.16. The van der Waals surface area contributed by atoms with Gasteiger partial charge in [-0.15, -0.1) is 10.2 Å². The van der Waals surface area contributed by atoms with Crippen LogP contribution in [0, 0.1) is 6.92 Å². The number of benzene rings is 1. The van der Waals surface area contributed by atoms with Crippen LogP contribution in [-0.2, 0) is 4.74 Å². The molecule has 3 rings (SSSR count). The maximum atomic E-state index is 12.3. The molecule has 2 amide bonds. The van der Waals surface area contributed by atoms with E-state index in [-0.39, 0.29) is 11.8 Å². The summed E-state index contributed by atoms with van der Waals surface area (Å²) >= 11 is 1.22. The molecule has 138 valence electrons. The van der Waals surface area contributed by atoms with E-state index in [2.05, 4.69) is 25.7 Å². The second-order valence-electron chi connectivity index (χ2n) is 5.87. The van der Waals surface area contributed by atoms with Crippen molar-refractivity contribution in [3.05, 3.63) is 39.8 Å². The lowest BCUT2D eigenvalue weighted by molar-refractivity contribution is 0.0383. The second-order valence-corrected chi connectivity index (χ2v) is 7.05. The van der Waals surface area contributed by atoms with Crippen molar-refractivity contribution < 1.29 is 14.3 Å². The van der Waals surface area contributed by atoms with Crippen LogP contribution in [0.4, 0.5) is 5.69 Å². The number of carbonyl (C=O) groups is 2. The zero-order chi connectivity index (χ0) is 18.4. The Bertz CT molecular complexity index is 773. The number of morpholine rings is 1. The van der Waals surface area contributed by atoms with Gasteiger partial charge in [0.15, 0.2) is 0 Å². The third-order valence-electron chi connectivity index (χ3n) is 3.92. The Morgan fingerprint density at radius 2 is 2.04 bits per heavy atom. The van der Waals surface area contributed by atoms with Crippen LogP contribution in [0.25, 0.3) is 0 Å². The largest absolute Gasteiger partial charge is 0.379 e. The van der Waals surface area contributed by atoms with Gasteiger partial charge in [-0.05, 0) is 25.1 Å². The smallest absolute Gasteiger partial charge is 0.286 e. The van der Waals surface area contributed by atoms with E-state index >= 15 is 0 Å². The molecule has 2 heterocycles. The van der Waals surface area contributed by atoms with E-state index in [0.29, 0.717) is 22.8 Å². The summed E-state index contributed by atoms with van der Waals surface area (Å²) in [5.74, 6) is -0.499. The number of amides is 2. The molecular formula is C17H21N5O3S. The van der Waals surface area contributed by atoms with E-state index in [1.165, 1.54) is 11.3 Å². The van der Waals surface area contributed by atoms with E-state index in [4.69, 9.17) is 4.74 Å². The molecule has 2 aromatic rings. The van der Waals surface area contributed by atoms with Crippen molar-refractivity contribution >= 4 is 28.8 Å². The predicted molar refractivity (Wildman–Crippen MR) is 98.6 cm³/mol.